The summed E-state index contributed by atoms with van der Waals surface area (Å²) in [5.41, 5.74) is 0. The van der Waals surface area contributed by atoms with Crippen LogP contribution in [0.4, 0.5) is 0 Å². The summed E-state index contributed by atoms with van der Waals surface area (Å²) in [5.74, 6) is 0.886. The molecule has 0 saturated carbocycles. The number of nitrogens with zero attached hydrogens (tertiary/aromatic N) is 1. The highest BCUT2D eigenvalue weighted by Crippen LogP contribution is 2.14. The third kappa shape index (κ3) is 6.42. The predicted octanol–water partition coefficient (Wildman–Crippen LogP) is 3.28. The number of rotatable bonds is 8. The summed E-state index contributed by atoms with van der Waals surface area (Å²) in [5, 5.41) is 3.53. The van der Waals surface area contributed by atoms with Gasteiger partial charge in [-0.1, -0.05) is 26.2 Å². The number of piperidine rings is 1. The molecule has 0 bridgehead atoms. The van der Waals surface area contributed by atoms with Crippen LogP contribution in [0.25, 0.3) is 0 Å². The Hall–Kier alpha value is -0.0800. The highest BCUT2D eigenvalue weighted by molar-refractivity contribution is 4.74. The predicted molar refractivity (Wildman–Crippen MR) is 76.4 cm³/mol. The van der Waals surface area contributed by atoms with Gasteiger partial charge in [-0.2, -0.15) is 0 Å². The summed E-state index contributed by atoms with van der Waals surface area (Å²) in [7, 11) is 0. The first-order chi connectivity index (χ1) is 8.24. The summed E-state index contributed by atoms with van der Waals surface area (Å²) >= 11 is 0. The summed E-state index contributed by atoms with van der Waals surface area (Å²) in [4.78, 5) is 2.69. The molecule has 1 aliphatic rings. The molecular formula is C15H32N2. The average molecular weight is 240 g/mol. The van der Waals surface area contributed by atoms with Crippen LogP contribution in [-0.2, 0) is 0 Å². The minimum atomic E-state index is 0.707. The van der Waals surface area contributed by atoms with Crippen LogP contribution in [0, 0.1) is 5.92 Å². The van der Waals surface area contributed by atoms with Crippen molar-refractivity contribution in [2.45, 2.75) is 65.3 Å². The van der Waals surface area contributed by atoms with Crippen molar-refractivity contribution in [1.29, 1.82) is 0 Å². The molecule has 0 spiro atoms. The van der Waals surface area contributed by atoms with Crippen LogP contribution < -0.4 is 5.32 Å². The van der Waals surface area contributed by atoms with Gasteiger partial charge >= 0.3 is 0 Å². The van der Waals surface area contributed by atoms with Gasteiger partial charge in [0.2, 0.25) is 0 Å². The fourth-order valence-electron chi connectivity index (χ4n) is 2.71. The van der Waals surface area contributed by atoms with Crippen molar-refractivity contribution in [3.8, 4) is 0 Å². The Balaban J connectivity index is 2.21. The summed E-state index contributed by atoms with van der Waals surface area (Å²) in [6.07, 6.45) is 8.32. The smallest absolute Gasteiger partial charge is 0.00387 e. The van der Waals surface area contributed by atoms with E-state index < -0.39 is 0 Å². The van der Waals surface area contributed by atoms with E-state index >= 15 is 0 Å². The van der Waals surface area contributed by atoms with E-state index in [1.54, 1.807) is 0 Å². The second-order valence-corrected chi connectivity index (χ2v) is 5.86. The van der Waals surface area contributed by atoms with E-state index in [2.05, 4.69) is 31.0 Å². The molecule has 1 heterocycles. The van der Waals surface area contributed by atoms with Crippen molar-refractivity contribution in [1.82, 2.24) is 10.2 Å². The molecule has 0 amide bonds. The van der Waals surface area contributed by atoms with Crippen molar-refractivity contribution < 1.29 is 0 Å². The third-order valence-corrected chi connectivity index (χ3v) is 3.92. The lowest BCUT2D eigenvalue weighted by atomic mass is 9.98. The highest BCUT2D eigenvalue weighted by atomic mass is 15.1. The second kappa shape index (κ2) is 8.93. The fraction of sp³-hybridized carbons (Fsp3) is 1.00. The maximum Gasteiger partial charge on any atom is 0.00387 e. The maximum absolute atomic E-state index is 3.53. The molecule has 0 aromatic rings. The van der Waals surface area contributed by atoms with E-state index in [1.807, 2.05) is 0 Å². The van der Waals surface area contributed by atoms with Crippen LogP contribution in [0.15, 0.2) is 0 Å². The highest BCUT2D eigenvalue weighted by Gasteiger charge is 2.18. The van der Waals surface area contributed by atoms with Gasteiger partial charge in [-0.15, -0.1) is 0 Å². The van der Waals surface area contributed by atoms with Crippen LogP contribution in [-0.4, -0.2) is 37.1 Å². The fourth-order valence-corrected chi connectivity index (χ4v) is 2.71. The number of nitrogens with one attached hydrogen (secondary N) is 1. The molecule has 0 aliphatic carbocycles. The van der Waals surface area contributed by atoms with E-state index in [9.17, 15) is 0 Å². The van der Waals surface area contributed by atoms with Gasteiger partial charge in [0.15, 0.2) is 0 Å². The van der Waals surface area contributed by atoms with Crippen LogP contribution >= 0.6 is 0 Å². The van der Waals surface area contributed by atoms with Gasteiger partial charge in [0.1, 0.15) is 0 Å². The Morgan fingerprint density at radius 2 is 2.06 bits per heavy atom. The molecule has 0 aromatic heterocycles. The molecule has 1 rings (SSSR count). The Bertz CT molecular complexity index is 174. The van der Waals surface area contributed by atoms with Gasteiger partial charge in [-0.3, -0.25) is 0 Å². The van der Waals surface area contributed by atoms with E-state index in [0.717, 1.165) is 5.92 Å². The van der Waals surface area contributed by atoms with Crippen LogP contribution in [0.1, 0.15) is 59.3 Å². The first-order valence-corrected chi connectivity index (χ1v) is 7.68. The van der Waals surface area contributed by atoms with Crippen molar-refractivity contribution in [3.05, 3.63) is 0 Å². The molecule has 2 heteroatoms. The topological polar surface area (TPSA) is 15.3 Å². The van der Waals surface area contributed by atoms with Gasteiger partial charge in [0.05, 0.1) is 0 Å². The molecule has 1 unspecified atom stereocenters. The molecule has 1 saturated heterocycles. The van der Waals surface area contributed by atoms with Gasteiger partial charge in [0, 0.05) is 12.6 Å². The summed E-state index contributed by atoms with van der Waals surface area (Å²) < 4.78 is 0. The standard InChI is InChI=1S/C15H32N2/c1-4-5-6-7-11-17(14(2)3)13-15-9-8-10-16-12-15/h14-16H,4-13H2,1-3H3. The molecule has 2 nitrogen and oxygen atoms in total. The minimum absolute atomic E-state index is 0.707. The zero-order chi connectivity index (χ0) is 12.5. The average Bonchev–Trinajstić information content (AvgIpc) is 2.34. The second-order valence-electron chi connectivity index (χ2n) is 5.86. The molecule has 0 radical (unpaired) electrons. The van der Waals surface area contributed by atoms with E-state index in [1.165, 1.54) is 64.7 Å². The van der Waals surface area contributed by atoms with Gasteiger partial charge < -0.3 is 10.2 Å². The Labute approximate surface area is 108 Å². The van der Waals surface area contributed by atoms with Crippen molar-refractivity contribution in [2.24, 2.45) is 5.92 Å². The van der Waals surface area contributed by atoms with Gasteiger partial charge in [-0.05, 0) is 58.7 Å². The Kier molecular flexibility index (Phi) is 7.87. The molecule has 102 valence electrons. The molecule has 1 N–H and O–H groups in total. The molecule has 1 fully saturated rings. The third-order valence-electron chi connectivity index (χ3n) is 3.92. The van der Waals surface area contributed by atoms with E-state index in [-0.39, 0.29) is 0 Å². The Morgan fingerprint density at radius 1 is 1.24 bits per heavy atom. The molecule has 17 heavy (non-hydrogen) atoms. The minimum Gasteiger partial charge on any atom is -0.316 e. The quantitative estimate of drug-likeness (QED) is 0.655. The molecule has 0 aromatic carbocycles. The van der Waals surface area contributed by atoms with E-state index in [0.29, 0.717) is 6.04 Å². The summed E-state index contributed by atoms with van der Waals surface area (Å²) in [6.45, 7) is 12.0. The lowest BCUT2D eigenvalue weighted by molar-refractivity contribution is 0.168. The monoisotopic (exact) mass is 240 g/mol. The van der Waals surface area contributed by atoms with Crippen LogP contribution in [0.3, 0.4) is 0 Å². The first-order valence-electron chi connectivity index (χ1n) is 7.68. The number of hydrogen-bond acceptors (Lipinski definition) is 2. The van der Waals surface area contributed by atoms with Gasteiger partial charge in [-0.25, -0.2) is 0 Å². The van der Waals surface area contributed by atoms with Gasteiger partial charge in [0.25, 0.3) is 0 Å². The zero-order valence-electron chi connectivity index (χ0n) is 12.2. The van der Waals surface area contributed by atoms with E-state index in [4.69, 9.17) is 0 Å². The zero-order valence-corrected chi connectivity index (χ0v) is 12.2. The molecule has 1 atom stereocenters. The first kappa shape index (κ1) is 15.0. The van der Waals surface area contributed by atoms with Crippen molar-refractivity contribution >= 4 is 0 Å². The normalized spacial score (nSPS) is 21.4. The lowest BCUT2D eigenvalue weighted by Gasteiger charge is -2.32. The molecular weight excluding hydrogens is 208 g/mol. The summed E-state index contributed by atoms with van der Waals surface area (Å²) in [6, 6.07) is 0.707. The van der Waals surface area contributed by atoms with Crippen molar-refractivity contribution in [3.63, 3.8) is 0 Å². The SMILES string of the molecule is CCCCCCN(CC1CCCNC1)C(C)C. The van der Waals surface area contributed by atoms with Crippen LogP contribution in [0.5, 0.6) is 0 Å². The molecule has 1 aliphatic heterocycles. The maximum atomic E-state index is 3.53. The Morgan fingerprint density at radius 3 is 2.65 bits per heavy atom. The largest absolute Gasteiger partial charge is 0.316 e. The van der Waals surface area contributed by atoms with Crippen LogP contribution in [0.2, 0.25) is 0 Å². The number of hydrogen-bond donors (Lipinski definition) is 1. The van der Waals surface area contributed by atoms with Crippen molar-refractivity contribution in [2.75, 3.05) is 26.2 Å². The number of unbranched alkanes of at least 4 members (excludes halogenated alkanes) is 3. The lowest BCUT2D eigenvalue weighted by Crippen LogP contribution is -2.41.